The van der Waals surface area contributed by atoms with Crippen LogP contribution in [-0.2, 0) is 16.1 Å². The molecule has 1 fully saturated rings. The van der Waals surface area contributed by atoms with E-state index in [1.54, 1.807) is 12.4 Å². The average Bonchev–Trinajstić information content (AvgIpc) is 3.05. The first kappa shape index (κ1) is 16.4. The summed E-state index contributed by atoms with van der Waals surface area (Å²) in [5.74, 6) is 1.28. The molecule has 1 aliphatic heterocycles. The Balaban J connectivity index is 1.56. The van der Waals surface area contributed by atoms with Gasteiger partial charge in [0.1, 0.15) is 11.9 Å². The summed E-state index contributed by atoms with van der Waals surface area (Å²) >= 11 is 1.47. The summed E-state index contributed by atoms with van der Waals surface area (Å²) in [5, 5.41) is 12.4. The van der Waals surface area contributed by atoms with E-state index >= 15 is 0 Å². The molecule has 1 atom stereocenters. The van der Waals surface area contributed by atoms with Crippen molar-refractivity contribution in [2.75, 3.05) is 5.75 Å². The number of nitrogens with zero attached hydrogens (tertiary/aromatic N) is 3. The van der Waals surface area contributed by atoms with Crippen LogP contribution in [0.25, 0.3) is 11.4 Å². The van der Waals surface area contributed by atoms with Crippen molar-refractivity contribution in [2.45, 2.75) is 31.2 Å². The first-order valence-electron chi connectivity index (χ1n) is 7.50. The minimum absolute atomic E-state index is 0.126. The van der Waals surface area contributed by atoms with Crippen molar-refractivity contribution < 1.29 is 9.59 Å². The van der Waals surface area contributed by atoms with Gasteiger partial charge in [-0.1, -0.05) is 0 Å². The molecule has 9 heteroatoms. The Labute approximate surface area is 143 Å². The molecule has 0 radical (unpaired) electrons. The second-order valence-electron chi connectivity index (χ2n) is 5.91. The van der Waals surface area contributed by atoms with E-state index in [1.165, 1.54) is 11.8 Å². The van der Waals surface area contributed by atoms with Gasteiger partial charge in [0.25, 0.3) is 0 Å². The lowest BCUT2D eigenvalue weighted by Gasteiger charge is -2.32. The number of carbonyl (C=O) groups excluding carboxylic acids is 2. The molecular formula is C15H18N6O2S. The second-order valence-corrected chi connectivity index (χ2v) is 7.55. The lowest BCUT2D eigenvalue weighted by Crippen LogP contribution is -2.57. The highest BCUT2D eigenvalue weighted by Crippen LogP contribution is 2.28. The molecule has 2 amide bonds. The summed E-state index contributed by atoms with van der Waals surface area (Å²) in [6, 6.07) is 3.09. The molecule has 24 heavy (non-hydrogen) atoms. The molecular weight excluding hydrogens is 328 g/mol. The van der Waals surface area contributed by atoms with Gasteiger partial charge < -0.3 is 10.6 Å². The van der Waals surface area contributed by atoms with E-state index in [-0.39, 0.29) is 18.4 Å². The highest BCUT2D eigenvalue weighted by molar-refractivity contribution is 8.01. The van der Waals surface area contributed by atoms with Gasteiger partial charge in [0.05, 0.1) is 11.3 Å². The van der Waals surface area contributed by atoms with Gasteiger partial charge in [0.15, 0.2) is 5.82 Å². The molecule has 0 aromatic carbocycles. The zero-order chi connectivity index (χ0) is 17.2. The zero-order valence-electron chi connectivity index (χ0n) is 13.4. The molecule has 0 bridgehead atoms. The molecule has 3 N–H and O–H groups in total. The molecule has 2 aromatic rings. The number of hydrogen-bond acceptors (Lipinski definition) is 6. The van der Waals surface area contributed by atoms with Crippen molar-refractivity contribution in [3.05, 3.63) is 30.4 Å². The Hall–Kier alpha value is -2.42. The van der Waals surface area contributed by atoms with Crippen LogP contribution in [0.1, 0.15) is 19.7 Å². The van der Waals surface area contributed by atoms with Gasteiger partial charge in [-0.25, -0.2) is 4.98 Å². The SMILES string of the molecule is CC1(C)SC[C@@H](C(=O)NCc2nc(-c3ccncc3)n[nH]2)NC1=O. The third-order valence-electron chi connectivity index (χ3n) is 3.68. The summed E-state index contributed by atoms with van der Waals surface area (Å²) in [7, 11) is 0. The molecule has 1 saturated heterocycles. The summed E-state index contributed by atoms with van der Waals surface area (Å²) in [6.45, 7) is 3.91. The number of aromatic amines is 1. The highest BCUT2D eigenvalue weighted by atomic mass is 32.2. The zero-order valence-corrected chi connectivity index (χ0v) is 14.2. The van der Waals surface area contributed by atoms with Crippen molar-refractivity contribution in [3.8, 4) is 11.4 Å². The summed E-state index contributed by atoms with van der Waals surface area (Å²) < 4.78 is -0.499. The van der Waals surface area contributed by atoms with Crippen LogP contribution in [0.15, 0.2) is 24.5 Å². The van der Waals surface area contributed by atoms with Gasteiger partial charge in [-0.15, -0.1) is 11.8 Å². The van der Waals surface area contributed by atoms with Crippen LogP contribution < -0.4 is 10.6 Å². The maximum Gasteiger partial charge on any atom is 0.243 e. The fourth-order valence-corrected chi connectivity index (χ4v) is 3.18. The third-order valence-corrected chi connectivity index (χ3v) is 5.09. The Kier molecular flexibility index (Phi) is 4.52. The lowest BCUT2D eigenvalue weighted by atomic mass is 10.1. The maximum atomic E-state index is 12.2. The smallest absolute Gasteiger partial charge is 0.243 e. The molecule has 0 unspecified atom stereocenters. The molecule has 2 aromatic heterocycles. The number of thioether (sulfide) groups is 1. The van der Waals surface area contributed by atoms with Crippen molar-refractivity contribution in [1.29, 1.82) is 0 Å². The maximum absolute atomic E-state index is 12.2. The lowest BCUT2D eigenvalue weighted by molar-refractivity contribution is -0.129. The molecule has 0 saturated carbocycles. The van der Waals surface area contributed by atoms with Crippen LogP contribution in [0.4, 0.5) is 0 Å². The van der Waals surface area contributed by atoms with Crippen LogP contribution in [0, 0.1) is 0 Å². The van der Waals surface area contributed by atoms with Gasteiger partial charge in [0.2, 0.25) is 11.8 Å². The minimum Gasteiger partial charge on any atom is -0.347 e. The first-order valence-corrected chi connectivity index (χ1v) is 8.48. The second kappa shape index (κ2) is 6.60. The fraction of sp³-hybridized carbons (Fsp3) is 0.400. The van der Waals surface area contributed by atoms with E-state index in [0.717, 1.165) is 5.56 Å². The van der Waals surface area contributed by atoms with Crippen LogP contribution in [-0.4, -0.2) is 48.5 Å². The molecule has 3 rings (SSSR count). The number of rotatable bonds is 4. The average molecular weight is 346 g/mol. The molecule has 0 spiro atoms. The Morgan fingerprint density at radius 2 is 2.17 bits per heavy atom. The monoisotopic (exact) mass is 346 g/mol. The number of carbonyl (C=O) groups is 2. The fourth-order valence-electron chi connectivity index (χ4n) is 2.17. The first-order chi connectivity index (χ1) is 11.5. The molecule has 0 aliphatic carbocycles. The van der Waals surface area contributed by atoms with E-state index in [1.807, 2.05) is 26.0 Å². The van der Waals surface area contributed by atoms with Gasteiger partial charge in [-0.2, -0.15) is 5.10 Å². The predicted octanol–water partition coefficient (Wildman–Crippen LogP) is 0.493. The van der Waals surface area contributed by atoms with Crippen molar-refractivity contribution in [1.82, 2.24) is 30.8 Å². The van der Waals surface area contributed by atoms with Gasteiger partial charge in [-0.05, 0) is 26.0 Å². The Morgan fingerprint density at radius 3 is 2.88 bits per heavy atom. The third kappa shape index (κ3) is 3.56. The van der Waals surface area contributed by atoms with E-state index in [9.17, 15) is 9.59 Å². The normalized spacial score (nSPS) is 19.6. The van der Waals surface area contributed by atoms with Crippen LogP contribution in [0.3, 0.4) is 0 Å². The number of hydrogen-bond donors (Lipinski definition) is 3. The van der Waals surface area contributed by atoms with Gasteiger partial charge in [0, 0.05) is 23.7 Å². The number of H-pyrrole nitrogens is 1. The van der Waals surface area contributed by atoms with E-state index in [2.05, 4.69) is 30.8 Å². The van der Waals surface area contributed by atoms with Crippen molar-refractivity contribution in [2.24, 2.45) is 0 Å². The number of amides is 2. The molecule has 3 heterocycles. The quantitative estimate of drug-likeness (QED) is 0.743. The number of aromatic nitrogens is 4. The number of nitrogens with one attached hydrogen (secondary N) is 3. The highest BCUT2D eigenvalue weighted by Gasteiger charge is 2.37. The summed E-state index contributed by atoms with van der Waals surface area (Å²) in [4.78, 5) is 32.4. The van der Waals surface area contributed by atoms with Crippen molar-refractivity contribution in [3.63, 3.8) is 0 Å². The Morgan fingerprint density at radius 1 is 1.42 bits per heavy atom. The van der Waals surface area contributed by atoms with Gasteiger partial charge >= 0.3 is 0 Å². The van der Waals surface area contributed by atoms with Crippen LogP contribution >= 0.6 is 11.8 Å². The molecule has 1 aliphatic rings. The summed E-state index contributed by atoms with van der Waals surface area (Å²) in [6.07, 6.45) is 3.33. The number of pyridine rings is 1. The minimum atomic E-state index is -0.530. The van der Waals surface area contributed by atoms with Crippen LogP contribution in [0.5, 0.6) is 0 Å². The Bertz CT molecular complexity index is 745. The van der Waals surface area contributed by atoms with Gasteiger partial charge in [-0.3, -0.25) is 19.7 Å². The van der Waals surface area contributed by atoms with E-state index < -0.39 is 10.8 Å². The van der Waals surface area contributed by atoms with E-state index in [0.29, 0.717) is 17.4 Å². The largest absolute Gasteiger partial charge is 0.347 e. The topological polar surface area (TPSA) is 113 Å². The summed E-state index contributed by atoms with van der Waals surface area (Å²) in [5.41, 5.74) is 0.844. The predicted molar refractivity (Wildman–Crippen MR) is 89.9 cm³/mol. The molecule has 126 valence electrons. The van der Waals surface area contributed by atoms with Crippen molar-refractivity contribution >= 4 is 23.6 Å². The van der Waals surface area contributed by atoms with E-state index in [4.69, 9.17) is 0 Å². The molecule has 8 nitrogen and oxygen atoms in total. The van der Waals surface area contributed by atoms with Crippen LogP contribution in [0.2, 0.25) is 0 Å². The standard InChI is InChI=1S/C15H18N6O2S/c1-15(2)14(23)18-10(8-24-15)13(22)17-7-11-19-12(21-20-11)9-3-5-16-6-4-9/h3-6,10H,7-8H2,1-2H3,(H,17,22)(H,18,23)(H,19,20,21)/t10-/m0/s1.